The summed E-state index contributed by atoms with van der Waals surface area (Å²) in [4.78, 5) is 0. The zero-order valence-corrected chi connectivity index (χ0v) is 18.0. The van der Waals surface area contributed by atoms with Gasteiger partial charge in [0.05, 0.1) is 33.1 Å². The average molecular weight is 408 g/mol. The number of hydrogen-bond acceptors (Lipinski definition) is 5. The Morgan fingerprint density at radius 2 is 1.80 bits per heavy atom. The van der Waals surface area contributed by atoms with E-state index in [0.29, 0.717) is 35.7 Å². The van der Waals surface area contributed by atoms with Gasteiger partial charge in [-0.2, -0.15) is 0 Å². The zero-order valence-electron chi connectivity index (χ0n) is 18.0. The number of ether oxygens (including phenoxy) is 4. The first kappa shape index (κ1) is 20.2. The topological polar surface area (TPSA) is 49.0 Å². The Balaban J connectivity index is 1.78. The Bertz CT molecular complexity index is 956. The molecule has 30 heavy (non-hydrogen) atoms. The molecular weight excluding hydrogens is 378 g/mol. The van der Waals surface area contributed by atoms with Gasteiger partial charge in [0, 0.05) is 5.92 Å². The van der Waals surface area contributed by atoms with E-state index in [-0.39, 0.29) is 6.04 Å². The molecule has 0 fully saturated rings. The molecule has 3 unspecified atom stereocenters. The van der Waals surface area contributed by atoms with Crippen LogP contribution in [0.25, 0.3) is 0 Å². The van der Waals surface area contributed by atoms with Crippen molar-refractivity contribution in [3.05, 3.63) is 65.8 Å². The molecule has 1 aliphatic heterocycles. The lowest BCUT2D eigenvalue weighted by Gasteiger charge is -2.38. The number of rotatable bonds is 7. The summed E-state index contributed by atoms with van der Waals surface area (Å²) in [6.07, 6.45) is 5.60. The normalized spacial score (nSPS) is 21.3. The van der Waals surface area contributed by atoms with Crippen LogP contribution in [0.15, 0.2) is 54.6 Å². The third-order valence-corrected chi connectivity index (χ3v) is 5.88. The number of hydrogen-bond donors (Lipinski definition) is 1. The molecule has 0 saturated carbocycles. The highest BCUT2D eigenvalue weighted by Crippen LogP contribution is 2.53. The van der Waals surface area contributed by atoms with E-state index in [1.807, 2.05) is 25.1 Å². The molecule has 0 spiro atoms. The highest BCUT2D eigenvalue weighted by atomic mass is 16.5. The number of benzene rings is 2. The Morgan fingerprint density at radius 3 is 2.43 bits per heavy atom. The van der Waals surface area contributed by atoms with Crippen molar-refractivity contribution in [1.29, 1.82) is 0 Å². The third kappa shape index (κ3) is 3.49. The predicted molar refractivity (Wildman–Crippen MR) is 119 cm³/mol. The summed E-state index contributed by atoms with van der Waals surface area (Å²) in [6, 6.07) is 10.4. The smallest absolute Gasteiger partial charge is 0.203 e. The van der Waals surface area contributed by atoms with Crippen molar-refractivity contribution in [3.8, 4) is 23.0 Å². The molecule has 0 saturated heterocycles. The van der Waals surface area contributed by atoms with Crippen LogP contribution in [0.1, 0.15) is 36.4 Å². The molecule has 5 heteroatoms. The number of para-hydroxylation sites is 1. The fourth-order valence-corrected chi connectivity index (χ4v) is 4.52. The molecule has 4 rings (SSSR count). The van der Waals surface area contributed by atoms with Gasteiger partial charge in [0.15, 0.2) is 11.5 Å². The van der Waals surface area contributed by atoms with Gasteiger partial charge in [-0.25, -0.2) is 0 Å². The van der Waals surface area contributed by atoms with Gasteiger partial charge >= 0.3 is 0 Å². The van der Waals surface area contributed by atoms with Gasteiger partial charge in [0.25, 0.3) is 0 Å². The van der Waals surface area contributed by atoms with E-state index in [4.69, 9.17) is 18.9 Å². The van der Waals surface area contributed by atoms with E-state index in [9.17, 15) is 0 Å². The number of anilines is 1. The molecule has 5 nitrogen and oxygen atoms in total. The van der Waals surface area contributed by atoms with Gasteiger partial charge in [-0.3, -0.25) is 0 Å². The largest absolute Gasteiger partial charge is 0.493 e. The van der Waals surface area contributed by atoms with Crippen molar-refractivity contribution in [1.82, 2.24) is 0 Å². The van der Waals surface area contributed by atoms with Crippen molar-refractivity contribution in [2.75, 3.05) is 33.3 Å². The predicted octanol–water partition coefficient (Wildman–Crippen LogP) is 5.49. The van der Waals surface area contributed by atoms with Gasteiger partial charge in [-0.05, 0) is 54.2 Å². The summed E-state index contributed by atoms with van der Waals surface area (Å²) >= 11 is 0. The zero-order chi connectivity index (χ0) is 21.3. The maximum atomic E-state index is 6.07. The van der Waals surface area contributed by atoms with Crippen LogP contribution in [-0.4, -0.2) is 27.9 Å². The lowest BCUT2D eigenvalue weighted by molar-refractivity contribution is 0.322. The van der Waals surface area contributed by atoms with E-state index in [1.54, 1.807) is 21.3 Å². The molecular formula is C25H29NO4. The fraction of sp³-hybridized carbons (Fsp3) is 0.360. The minimum Gasteiger partial charge on any atom is -0.493 e. The standard InChI is InChI=1S/C25H29NO4/c1-15(2)14-30-20-11-7-10-19-17-8-6-9-18(17)23(26-24(19)20)16-12-21(27-3)25(29-5)22(13-16)28-4/h6-8,10-13,17-18,23,26H,1,9,14H2,2-5H3. The van der Waals surface area contributed by atoms with Gasteiger partial charge in [-0.15, -0.1) is 0 Å². The maximum Gasteiger partial charge on any atom is 0.203 e. The van der Waals surface area contributed by atoms with Gasteiger partial charge in [0.2, 0.25) is 5.75 Å². The van der Waals surface area contributed by atoms with Crippen LogP contribution in [0.3, 0.4) is 0 Å². The van der Waals surface area contributed by atoms with Crippen molar-refractivity contribution >= 4 is 5.69 Å². The molecule has 0 amide bonds. The Morgan fingerprint density at radius 1 is 1.07 bits per heavy atom. The number of allylic oxidation sites excluding steroid dienone is 2. The summed E-state index contributed by atoms with van der Waals surface area (Å²) in [6.45, 7) is 6.42. The Kier molecular flexibility index (Phi) is 5.62. The van der Waals surface area contributed by atoms with Crippen molar-refractivity contribution < 1.29 is 18.9 Å². The van der Waals surface area contributed by atoms with Gasteiger partial charge in [0.1, 0.15) is 12.4 Å². The first-order valence-electron chi connectivity index (χ1n) is 10.2. The second-order valence-corrected chi connectivity index (χ2v) is 7.90. The SMILES string of the molecule is C=C(C)COc1cccc2c1NC(c1cc(OC)c(OC)c(OC)c1)C1CC=CC21. The lowest BCUT2D eigenvalue weighted by Crippen LogP contribution is -2.29. The minimum atomic E-state index is 0.0841. The Hall–Kier alpha value is -3.08. The van der Waals surface area contributed by atoms with Crippen LogP contribution < -0.4 is 24.3 Å². The van der Waals surface area contributed by atoms with E-state index in [2.05, 4.69) is 36.2 Å². The summed E-state index contributed by atoms with van der Waals surface area (Å²) in [5.41, 5.74) is 4.41. The van der Waals surface area contributed by atoms with Crippen LogP contribution in [0.4, 0.5) is 5.69 Å². The first-order valence-corrected chi connectivity index (χ1v) is 10.2. The van der Waals surface area contributed by atoms with Crippen molar-refractivity contribution in [3.63, 3.8) is 0 Å². The Labute approximate surface area is 178 Å². The van der Waals surface area contributed by atoms with Crippen LogP contribution in [0, 0.1) is 5.92 Å². The third-order valence-electron chi connectivity index (χ3n) is 5.88. The van der Waals surface area contributed by atoms with E-state index in [1.165, 1.54) is 5.56 Å². The highest BCUT2D eigenvalue weighted by Gasteiger charge is 2.39. The summed E-state index contributed by atoms with van der Waals surface area (Å²) in [5, 5.41) is 3.77. The molecule has 2 aromatic carbocycles. The molecule has 0 aromatic heterocycles. The molecule has 158 valence electrons. The van der Waals surface area contributed by atoms with E-state index in [0.717, 1.165) is 29.0 Å². The van der Waals surface area contributed by atoms with Crippen LogP contribution in [-0.2, 0) is 0 Å². The minimum absolute atomic E-state index is 0.0841. The second kappa shape index (κ2) is 8.34. The maximum absolute atomic E-state index is 6.07. The van der Waals surface area contributed by atoms with Crippen LogP contribution >= 0.6 is 0 Å². The molecule has 2 aliphatic rings. The molecule has 3 atom stereocenters. The molecule has 0 radical (unpaired) electrons. The highest BCUT2D eigenvalue weighted by molar-refractivity contribution is 5.68. The van der Waals surface area contributed by atoms with E-state index < -0.39 is 0 Å². The lowest BCUT2D eigenvalue weighted by atomic mass is 9.77. The summed E-state index contributed by atoms with van der Waals surface area (Å²) in [5.74, 6) is 3.51. The van der Waals surface area contributed by atoms with Gasteiger partial charge < -0.3 is 24.3 Å². The van der Waals surface area contributed by atoms with Crippen molar-refractivity contribution in [2.24, 2.45) is 5.92 Å². The number of nitrogens with one attached hydrogen (secondary N) is 1. The van der Waals surface area contributed by atoms with Crippen LogP contribution in [0.5, 0.6) is 23.0 Å². The van der Waals surface area contributed by atoms with Crippen LogP contribution in [0.2, 0.25) is 0 Å². The van der Waals surface area contributed by atoms with Gasteiger partial charge in [-0.1, -0.05) is 30.9 Å². The second-order valence-electron chi connectivity index (χ2n) is 7.90. The number of fused-ring (bicyclic) bond motifs is 3. The average Bonchev–Trinajstić information content (AvgIpc) is 3.26. The monoisotopic (exact) mass is 407 g/mol. The summed E-state index contributed by atoms with van der Waals surface area (Å²) in [7, 11) is 4.92. The molecule has 1 aliphatic carbocycles. The molecule has 1 N–H and O–H groups in total. The van der Waals surface area contributed by atoms with Crippen molar-refractivity contribution in [2.45, 2.75) is 25.3 Å². The number of methoxy groups -OCH3 is 3. The first-order chi connectivity index (χ1) is 14.6. The quantitative estimate of drug-likeness (QED) is 0.615. The molecule has 1 heterocycles. The summed E-state index contributed by atoms with van der Waals surface area (Å²) < 4.78 is 22.8. The molecule has 0 bridgehead atoms. The fourth-order valence-electron chi connectivity index (χ4n) is 4.52. The molecule has 2 aromatic rings. The van der Waals surface area contributed by atoms with E-state index >= 15 is 0 Å².